The van der Waals surface area contributed by atoms with Gasteiger partial charge in [0.2, 0.25) is 5.89 Å². The van der Waals surface area contributed by atoms with E-state index in [-0.39, 0.29) is 5.56 Å². The molecule has 0 radical (unpaired) electrons. The van der Waals surface area contributed by atoms with Crippen molar-refractivity contribution in [3.8, 4) is 0 Å². The van der Waals surface area contributed by atoms with Crippen LogP contribution in [0.25, 0.3) is 0 Å². The second-order valence-electron chi connectivity index (χ2n) is 8.37. The molecule has 3 aliphatic heterocycles. The molecule has 0 unspecified atom stereocenters. The quantitative estimate of drug-likeness (QED) is 0.799. The van der Waals surface area contributed by atoms with Crippen molar-refractivity contribution in [1.29, 1.82) is 0 Å². The van der Waals surface area contributed by atoms with E-state index in [9.17, 15) is 9.18 Å². The Kier molecular flexibility index (Phi) is 4.45. The summed E-state index contributed by atoms with van der Waals surface area (Å²) in [5, 5.41) is 4.12. The van der Waals surface area contributed by atoms with Crippen molar-refractivity contribution in [3.05, 3.63) is 39.6 Å². The number of pyridine rings is 1. The third-order valence-corrected chi connectivity index (χ3v) is 6.33. The van der Waals surface area contributed by atoms with Crippen molar-refractivity contribution in [3.63, 3.8) is 0 Å². The first-order valence-corrected chi connectivity index (χ1v) is 10.3. The molecule has 2 aromatic heterocycles. The van der Waals surface area contributed by atoms with Crippen molar-refractivity contribution < 1.29 is 8.91 Å². The minimum atomic E-state index is -0.760. The summed E-state index contributed by atoms with van der Waals surface area (Å²) < 4.78 is 20.7. The summed E-state index contributed by atoms with van der Waals surface area (Å²) >= 11 is 0. The highest BCUT2D eigenvalue weighted by atomic mass is 19.1. The number of halogens is 1. The van der Waals surface area contributed by atoms with Gasteiger partial charge in [0.05, 0.1) is 0 Å². The summed E-state index contributed by atoms with van der Waals surface area (Å²) in [4.78, 5) is 21.8. The average molecular weight is 387 g/mol. The van der Waals surface area contributed by atoms with E-state index in [1.165, 1.54) is 0 Å². The van der Waals surface area contributed by atoms with Gasteiger partial charge < -0.3 is 14.0 Å². The predicted molar refractivity (Wildman–Crippen MR) is 102 cm³/mol. The van der Waals surface area contributed by atoms with E-state index >= 15 is 0 Å². The van der Waals surface area contributed by atoms with Gasteiger partial charge in [0.25, 0.3) is 11.5 Å². The molecule has 0 aliphatic carbocycles. The lowest BCUT2D eigenvalue weighted by atomic mass is 9.83. The minimum absolute atomic E-state index is 0.0933. The third-order valence-electron chi connectivity index (χ3n) is 6.33. The van der Waals surface area contributed by atoms with E-state index in [4.69, 9.17) is 4.52 Å². The van der Waals surface area contributed by atoms with Crippen molar-refractivity contribution >= 4 is 5.95 Å². The molecule has 8 heteroatoms. The number of rotatable bonds is 4. The first-order valence-electron chi connectivity index (χ1n) is 10.3. The normalized spacial score (nSPS) is 27.2. The summed E-state index contributed by atoms with van der Waals surface area (Å²) in [7, 11) is 0. The SMILES string of the molecule is CCc1nc(N2C[C@@H]3C[C@H](C2)c2ccc(CN4CC[C@@H](F)C4)c(=O)n2C3)no1. The van der Waals surface area contributed by atoms with Crippen molar-refractivity contribution in [2.75, 3.05) is 31.1 Å². The van der Waals surface area contributed by atoms with E-state index in [0.29, 0.717) is 43.2 Å². The van der Waals surface area contributed by atoms with E-state index in [1.807, 2.05) is 22.5 Å². The molecule has 2 aromatic rings. The van der Waals surface area contributed by atoms with E-state index < -0.39 is 6.17 Å². The number of aromatic nitrogens is 3. The Hall–Kier alpha value is -2.22. The van der Waals surface area contributed by atoms with Crippen LogP contribution in [0.1, 0.15) is 42.8 Å². The highest BCUT2D eigenvalue weighted by Gasteiger charge is 2.36. The standard InChI is InChI=1S/C20H26FN5O2/c1-2-18-22-20(23-28-18)25-8-13-7-15(11-25)17-4-3-14(19(27)26(17)9-13)10-24-6-5-16(21)12-24/h3-4,13,15-16H,2,5-12H2,1H3/t13-,15+,16+/m0/s1. The maximum atomic E-state index is 13.5. The van der Waals surface area contributed by atoms with Gasteiger partial charge in [-0.25, -0.2) is 4.39 Å². The summed E-state index contributed by atoms with van der Waals surface area (Å²) in [6.07, 6.45) is 1.63. The molecule has 28 heavy (non-hydrogen) atoms. The Bertz CT molecular complexity index is 926. The van der Waals surface area contributed by atoms with E-state index in [0.717, 1.165) is 50.3 Å². The second-order valence-corrected chi connectivity index (χ2v) is 8.37. The smallest absolute Gasteiger partial charge is 0.266 e. The third kappa shape index (κ3) is 3.13. The van der Waals surface area contributed by atoms with Crippen LogP contribution in [0.4, 0.5) is 10.3 Å². The molecule has 0 saturated carbocycles. The number of hydrogen-bond acceptors (Lipinski definition) is 6. The van der Waals surface area contributed by atoms with E-state index in [1.54, 1.807) is 0 Å². The molecule has 2 saturated heterocycles. The molecular formula is C20H26FN5O2. The Balaban J connectivity index is 1.38. The maximum absolute atomic E-state index is 13.5. The van der Waals surface area contributed by atoms with Crippen LogP contribution in [-0.2, 0) is 19.5 Å². The number of anilines is 1. The van der Waals surface area contributed by atoms with Gasteiger partial charge in [0, 0.05) is 62.9 Å². The fraction of sp³-hybridized carbons (Fsp3) is 0.650. The van der Waals surface area contributed by atoms with Gasteiger partial charge in [-0.05, 0) is 30.0 Å². The summed E-state index contributed by atoms with van der Waals surface area (Å²) in [5.41, 5.74) is 1.97. The minimum Gasteiger partial charge on any atom is -0.337 e. The second kappa shape index (κ2) is 6.99. The van der Waals surface area contributed by atoms with Gasteiger partial charge in [0.15, 0.2) is 0 Å². The number of alkyl halides is 1. The van der Waals surface area contributed by atoms with Crippen molar-refractivity contribution in [1.82, 2.24) is 19.6 Å². The molecular weight excluding hydrogens is 361 g/mol. The number of likely N-dealkylation sites (tertiary alicyclic amines) is 1. The number of fused-ring (bicyclic) bond motifs is 4. The van der Waals surface area contributed by atoms with Gasteiger partial charge in [0.1, 0.15) is 6.17 Å². The average Bonchev–Trinajstić information content (AvgIpc) is 3.33. The Morgan fingerprint density at radius 2 is 2.14 bits per heavy atom. The summed E-state index contributed by atoms with van der Waals surface area (Å²) in [6.45, 7) is 6.07. The van der Waals surface area contributed by atoms with Crippen molar-refractivity contribution in [2.45, 2.75) is 51.4 Å². The molecule has 2 fully saturated rings. The molecule has 5 rings (SSSR count). The molecule has 3 atom stereocenters. The van der Waals surface area contributed by atoms with Gasteiger partial charge in [-0.3, -0.25) is 9.69 Å². The van der Waals surface area contributed by atoms with Gasteiger partial charge in [-0.2, -0.15) is 4.98 Å². The molecule has 0 spiro atoms. The molecule has 7 nitrogen and oxygen atoms in total. The number of aryl methyl sites for hydroxylation is 1. The largest absolute Gasteiger partial charge is 0.337 e. The van der Waals surface area contributed by atoms with Crippen LogP contribution in [0.5, 0.6) is 0 Å². The first-order chi connectivity index (χ1) is 13.6. The van der Waals surface area contributed by atoms with Crippen molar-refractivity contribution in [2.24, 2.45) is 5.92 Å². The molecule has 2 bridgehead atoms. The number of hydrogen-bond donors (Lipinski definition) is 0. The van der Waals surface area contributed by atoms with Gasteiger partial charge in [-0.1, -0.05) is 13.0 Å². The maximum Gasteiger partial charge on any atom is 0.266 e. The van der Waals surface area contributed by atoms with Gasteiger partial charge >= 0.3 is 0 Å². The molecule has 0 amide bonds. The molecule has 150 valence electrons. The fourth-order valence-electron chi connectivity index (χ4n) is 4.96. The van der Waals surface area contributed by atoms with Crippen LogP contribution < -0.4 is 10.5 Å². The summed E-state index contributed by atoms with van der Waals surface area (Å²) in [6, 6.07) is 4.04. The Labute approximate surface area is 163 Å². The zero-order chi connectivity index (χ0) is 19.3. The highest BCUT2D eigenvalue weighted by molar-refractivity contribution is 5.33. The molecule has 3 aliphatic rings. The monoisotopic (exact) mass is 387 g/mol. The van der Waals surface area contributed by atoms with Crippen LogP contribution in [0.15, 0.2) is 21.5 Å². The Morgan fingerprint density at radius 3 is 2.89 bits per heavy atom. The first kappa shape index (κ1) is 17.8. The van der Waals surface area contributed by atoms with Crippen LogP contribution >= 0.6 is 0 Å². The summed E-state index contributed by atoms with van der Waals surface area (Å²) in [5.74, 6) is 2.00. The highest BCUT2D eigenvalue weighted by Crippen LogP contribution is 2.36. The number of piperidine rings is 1. The molecule has 5 heterocycles. The van der Waals surface area contributed by atoms with Crippen LogP contribution in [0.3, 0.4) is 0 Å². The van der Waals surface area contributed by atoms with Gasteiger partial charge in [-0.15, -0.1) is 0 Å². The fourth-order valence-corrected chi connectivity index (χ4v) is 4.96. The zero-order valence-corrected chi connectivity index (χ0v) is 16.2. The lowest BCUT2D eigenvalue weighted by Crippen LogP contribution is -2.48. The van der Waals surface area contributed by atoms with E-state index in [2.05, 4.69) is 21.1 Å². The lowest BCUT2D eigenvalue weighted by molar-refractivity contribution is 0.269. The number of nitrogens with zero attached hydrogens (tertiary/aromatic N) is 5. The van der Waals surface area contributed by atoms with Crippen LogP contribution in [-0.4, -0.2) is 52.0 Å². The lowest BCUT2D eigenvalue weighted by Gasteiger charge is -2.42. The molecule has 0 aromatic carbocycles. The Morgan fingerprint density at radius 1 is 1.25 bits per heavy atom. The van der Waals surface area contributed by atoms with Crippen LogP contribution in [0, 0.1) is 5.92 Å². The zero-order valence-electron chi connectivity index (χ0n) is 16.2. The predicted octanol–water partition coefficient (Wildman–Crippen LogP) is 1.96. The van der Waals surface area contributed by atoms with Crippen LogP contribution in [0.2, 0.25) is 0 Å². The molecule has 0 N–H and O–H groups in total. The topological polar surface area (TPSA) is 67.4 Å².